The van der Waals surface area contributed by atoms with Gasteiger partial charge in [-0.15, -0.1) is 0 Å². The van der Waals surface area contributed by atoms with E-state index in [-0.39, 0.29) is 11.1 Å². The summed E-state index contributed by atoms with van der Waals surface area (Å²) in [6.07, 6.45) is 1.41. The minimum Gasteiger partial charge on any atom is -0.388 e. The van der Waals surface area contributed by atoms with Crippen LogP contribution in [0, 0.1) is 0 Å². The van der Waals surface area contributed by atoms with Gasteiger partial charge in [-0.05, 0) is 40.9 Å². The summed E-state index contributed by atoms with van der Waals surface area (Å²) in [6, 6.07) is 4.99. The summed E-state index contributed by atoms with van der Waals surface area (Å²) in [5, 5.41) is 16.3. The zero-order valence-electron chi connectivity index (χ0n) is 11.1. The van der Waals surface area contributed by atoms with E-state index in [0.29, 0.717) is 13.0 Å². The largest absolute Gasteiger partial charge is 0.388 e. The molecular formula is C14H16N2O3S. The average Bonchev–Trinajstić information content (AvgIpc) is 2.95. The van der Waals surface area contributed by atoms with Crippen LogP contribution in [0.15, 0.2) is 40.0 Å². The molecule has 0 aliphatic heterocycles. The molecule has 0 saturated carbocycles. The Kier molecular flexibility index (Phi) is 4.70. The van der Waals surface area contributed by atoms with Crippen LogP contribution in [0.25, 0.3) is 0 Å². The summed E-state index contributed by atoms with van der Waals surface area (Å²) < 4.78 is 1.36. The maximum absolute atomic E-state index is 11.9. The Labute approximate surface area is 120 Å². The first-order valence-electron chi connectivity index (χ1n) is 6.23. The molecule has 0 aliphatic carbocycles. The molecule has 6 heteroatoms. The highest BCUT2D eigenvalue weighted by Crippen LogP contribution is 2.18. The summed E-state index contributed by atoms with van der Waals surface area (Å²) >= 11 is 1.52. The van der Waals surface area contributed by atoms with E-state index >= 15 is 0 Å². The Morgan fingerprint density at radius 3 is 3.00 bits per heavy atom. The Balaban J connectivity index is 1.90. The van der Waals surface area contributed by atoms with Gasteiger partial charge < -0.3 is 15.0 Å². The van der Waals surface area contributed by atoms with Gasteiger partial charge in [0, 0.05) is 19.8 Å². The molecule has 0 spiro atoms. The third-order valence-corrected chi connectivity index (χ3v) is 3.70. The predicted octanol–water partition coefficient (Wildman–Crippen LogP) is 1.30. The first-order valence-corrected chi connectivity index (χ1v) is 7.18. The van der Waals surface area contributed by atoms with Crippen LogP contribution in [-0.4, -0.2) is 22.1 Å². The second-order valence-electron chi connectivity index (χ2n) is 4.45. The van der Waals surface area contributed by atoms with Gasteiger partial charge in [-0.2, -0.15) is 11.3 Å². The van der Waals surface area contributed by atoms with Gasteiger partial charge in [0.25, 0.3) is 11.5 Å². The molecule has 0 aliphatic rings. The van der Waals surface area contributed by atoms with Crippen molar-refractivity contribution < 1.29 is 9.90 Å². The summed E-state index contributed by atoms with van der Waals surface area (Å²) in [7, 11) is 1.60. The molecule has 2 heterocycles. The van der Waals surface area contributed by atoms with Crippen LogP contribution in [0.5, 0.6) is 0 Å². The van der Waals surface area contributed by atoms with Crippen molar-refractivity contribution in [2.45, 2.75) is 12.5 Å². The number of nitrogens with zero attached hydrogens (tertiary/aromatic N) is 1. The van der Waals surface area contributed by atoms with Crippen LogP contribution < -0.4 is 10.9 Å². The lowest BCUT2D eigenvalue weighted by Crippen LogP contribution is -2.32. The normalized spacial score (nSPS) is 12.1. The number of pyridine rings is 1. The highest BCUT2D eigenvalue weighted by Gasteiger charge is 2.12. The summed E-state index contributed by atoms with van der Waals surface area (Å²) in [5.74, 6) is -0.413. The highest BCUT2D eigenvalue weighted by atomic mass is 32.1. The molecule has 2 aromatic rings. The van der Waals surface area contributed by atoms with Crippen molar-refractivity contribution in [3.05, 3.63) is 56.6 Å². The third kappa shape index (κ3) is 3.34. The number of carbonyl (C=O) groups is 1. The van der Waals surface area contributed by atoms with Crippen molar-refractivity contribution in [3.63, 3.8) is 0 Å². The van der Waals surface area contributed by atoms with Crippen molar-refractivity contribution in [1.82, 2.24) is 9.88 Å². The Morgan fingerprint density at radius 2 is 2.30 bits per heavy atom. The molecule has 1 atom stereocenters. The Hall–Kier alpha value is -1.92. The number of aliphatic hydroxyl groups is 1. The second kappa shape index (κ2) is 6.49. The molecule has 5 nitrogen and oxygen atoms in total. The lowest BCUT2D eigenvalue weighted by atomic mass is 10.1. The maximum Gasteiger partial charge on any atom is 0.263 e. The minimum absolute atomic E-state index is 0.111. The fourth-order valence-corrected chi connectivity index (χ4v) is 2.53. The van der Waals surface area contributed by atoms with Crippen LogP contribution in [0.3, 0.4) is 0 Å². The minimum atomic E-state index is -0.597. The maximum atomic E-state index is 11.9. The molecule has 2 N–H and O–H groups in total. The van der Waals surface area contributed by atoms with Crippen LogP contribution in [0.2, 0.25) is 0 Å². The van der Waals surface area contributed by atoms with Crippen molar-refractivity contribution in [3.8, 4) is 0 Å². The SMILES string of the molecule is Cn1cccc(C(=O)NCC[C@H](O)c2ccsc2)c1=O. The molecule has 0 saturated heterocycles. The fourth-order valence-electron chi connectivity index (χ4n) is 1.82. The first-order chi connectivity index (χ1) is 9.59. The number of carbonyl (C=O) groups excluding carboxylic acids is 1. The second-order valence-corrected chi connectivity index (χ2v) is 5.24. The van der Waals surface area contributed by atoms with Crippen molar-refractivity contribution >= 4 is 17.2 Å². The van der Waals surface area contributed by atoms with E-state index in [1.807, 2.05) is 16.8 Å². The molecule has 2 rings (SSSR count). The number of amides is 1. The van der Waals surface area contributed by atoms with Crippen molar-refractivity contribution in [2.24, 2.45) is 7.05 Å². The van der Waals surface area contributed by atoms with Gasteiger partial charge in [-0.25, -0.2) is 0 Å². The van der Waals surface area contributed by atoms with Crippen LogP contribution >= 0.6 is 11.3 Å². The van der Waals surface area contributed by atoms with E-state index < -0.39 is 12.0 Å². The lowest BCUT2D eigenvalue weighted by Gasteiger charge is -2.10. The van der Waals surface area contributed by atoms with Crippen LogP contribution in [0.4, 0.5) is 0 Å². The zero-order valence-corrected chi connectivity index (χ0v) is 11.9. The molecular weight excluding hydrogens is 276 g/mol. The smallest absolute Gasteiger partial charge is 0.263 e. The van der Waals surface area contributed by atoms with Gasteiger partial charge in [0.1, 0.15) is 5.56 Å². The monoisotopic (exact) mass is 292 g/mol. The Morgan fingerprint density at radius 1 is 1.50 bits per heavy atom. The number of hydrogen-bond donors (Lipinski definition) is 2. The zero-order chi connectivity index (χ0) is 14.5. The number of nitrogens with one attached hydrogen (secondary N) is 1. The van der Waals surface area contributed by atoms with Crippen molar-refractivity contribution in [1.29, 1.82) is 0 Å². The van der Waals surface area contributed by atoms with Gasteiger partial charge in [0.05, 0.1) is 6.10 Å². The van der Waals surface area contributed by atoms with Crippen LogP contribution in [0.1, 0.15) is 28.4 Å². The molecule has 0 unspecified atom stereocenters. The molecule has 1 amide bonds. The van der Waals surface area contributed by atoms with E-state index in [2.05, 4.69) is 5.32 Å². The molecule has 0 radical (unpaired) electrons. The highest BCUT2D eigenvalue weighted by molar-refractivity contribution is 7.07. The Bertz CT molecular complexity index is 634. The van der Waals surface area contributed by atoms with E-state index in [1.54, 1.807) is 19.3 Å². The number of aromatic nitrogens is 1. The summed E-state index contributed by atoms with van der Waals surface area (Å²) in [6.45, 7) is 0.313. The quantitative estimate of drug-likeness (QED) is 0.872. The van der Waals surface area contributed by atoms with Crippen molar-refractivity contribution in [2.75, 3.05) is 6.54 Å². The third-order valence-electron chi connectivity index (χ3n) is 3.00. The van der Waals surface area contributed by atoms with Gasteiger partial charge in [-0.3, -0.25) is 9.59 Å². The lowest BCUT2D eigenvalue weighted by molar-refractivity contribution is 0.0940. The number of hydrogen-bond acceptors (Lipinski definition) is 4. The molecule has 106 valence electrons. The number of aryl methyl sites for hydroxylation is 1. The van der Waals surface area contributed by atoms with Gasteiger partial charge >= 0.3 is 0 Å². The standard InChI is InChI=1S/C14H16N2O3S/c1-16-7-2-3-11(14(16)19)13(18)15-6-4-12(17)10-5-8-20-9-10/h2-3,5,7-9,12,17H,4,6H2,1H3,(H,15,18)/t12-/m0/s1. The van der Waals surface area contributed by atoms with Gasteiger partial charge in [-0.1, -0.05) is 0 Å². The number of thiophene rings is 1. The van der Waals surface area contributed by atoms with Gasteiger partial charge in [0.2, 0.25) is 0 Å². The topological polar surface area (TPSA) is 71.3 Å². The molecule has 20 heavy (non-hydrogen) atoms. The van der Waals surface area contributed by atoms with E-state index in [1.165, 1.54) is 22.0 Å². The van der Waals surface area contributed by atoms with E-state index in [0.717, 1.165) is 5.56 Å². The molecule has 0 bridgehead atoms. The van der Waals surface area contributed by atoms with Crippen LogP contribution in [-0.2, 0) is 7.05 Å². The predicted molar refractivity (Wildman–Crippen MR) is 77.9 cm³/mol. The summed E-state index contributed by atoms with van der Waals surface area (Å²) in [5.41, 5.74) is 0.628. The first kappa shape index (κ1) is 14.5. The molecule has 2 aromatic heterocycles. The average molecular weight is 292 g/mol. The molecule has 0 fully saturated rings. The molecule has 0 aromatic carbocycles. The van der Waals surface area contributed by atoms with E-state index in [4.69, 9.17) is 0 Å². The summed E-state index contributed by atoms with van der Waals surface area (Å²) in [4.78, 5) is 23.6. The number of aliphatic hydroxyl groups excluding tert-OH is 1. The van der Waals surface area contributed by atoms with E-state index in [9.17, 15) is 14.7 Å². The van der Waals surface area contributed by atoms with Gasteiger partial charge in [0.15, 0.2) is 0 Å². The number of rotatable bonds is 5. The fraction of sp³-hybridized carbons (Fsp3) is 0.286.